The molecular formula is C19H14N4O4. The molecule has 4 rings (SSSR count). The quantitative estimate of drug-likeness (QED) is 0.547. The van der Waals surface area contributed by atoms with Crippen LogP contribution in [0.5, 0.6) is 5.75 Å². The van der Waals surface area contributed by atoms with E-state index >= 15 is 0 Å². The lowest BCUT2D eigenvalue weighted by molar-refractivity contribution is -0.118. The summed E-state index contributed by atoms with van der Waals surface area (Å²) in [4.78, 5) is 24.8. The first kappa shape index (κ1) is 16.5. The molecule has 2 aromatic carbocycles. The largest absolute Gasteiger partial charge is 0.484 e. The van der Waals surface area contributed by atoms with Gasteiger partial charge in [-0.15, -0.1) is 0 Å². The maximum absolute atomic E-state index is 12.1. The van der Waals surface area contributed by atoms with Gasteiger partial charge in [-0.05, 0) is 42.5 Å². The van der Waals surface area contributed by atoms with Crippen LogP contribution in [-0.2, 0) is 4.79 Å². The van der Waals surface area contributed by atoms with Gasteiger partial charge in [0.2, 0.25) is 0 Å². The van der Waals surface area contributed by atoms with Gasteiger partial charge in [-0.25, -0.2) is 4.79 Å². The molecule has 0 unspecified atom stereocenters. The molecule has 0 bridgehead atoms. The van der Waals surface area contributed by atoms with Crippen LogP contribution in [0.25, 0.3) is 16.7 Å². The van der Waals surface area contributed by atoms with Gasteiger partial charge >= 0.3 is 5.63 Å². The zero-order chi connectivity index (χ0) is 18.6. The highest BCUT2D eigenvalue weighted by molar-refractivity contribution is 5.92. The van der Waals surface area contributed by atoms with Crippen molar-refractivity contribution in [2.24, 2.45) is 0 Å². The van der Waals surface area contributed by atoms with E-state index in [4.69, 9.17) is 9.15 Å². The molecule has 1 N–H and O–H groups in total. The van der Waals surface area contributed by atoms with Gasteiger partial charge in [0.05, 0.1) is 18.1 Å². The minimum atomic E-state index is -0.439. The molecule has 0 fully saturated rings. The highest BCUT2D eigenvalue weighted by Gasteiger charge is 2.06. The fourth-order valence-corrected chi connectivity index (χ4v) is 2.50. The molecule has 0 saturated carbocycles. The molecular weight excluding hydrogens is 348 g/mol. The van der Waals surface area contributed by atoms with Gasteiger partial charge < -0.3 is 14.5 Å². The number of aromatic nitrogens is 3. The number of hydrogen-bond donors (Lipinski definition) is 1. The second kappa shape index (κ2) is 7.12. The molecule has 0 saturated heterocycles. The van der Waals surface area contributed by atoms with Crippen molar-refractivity contribution >= 4 is 22.6 Å². The molecule has 0 aliphatic rings. The number of benzene rings is 2. The van der Waals surface area contributed by atoms with E-state index in [0.717, 1.165) is 11.1 Å². The molecule has 2 aromatic heterocycles. The van der Waals surface area contributed by atoms with Crippen molar-refractivity contribution in [1.29, 1.82) is 0 Å². The molecule has 0 aliphatic heterocycles. The number of carbonyl (C=O) groups is 1. The minimum Gasteiger partial charge on any atom is -0.484 e. The lowest BCUT2D eigenvalue weighted by atomic mass is 10.2. The van der Waals surface area contributed by atoms with Crippen LogP contribution in [0.2, 0.25) is 0 Å². The van der Waals surface area contributed by atoms with E-state index in [1.54, 1.807) is 60.9 Å². The summed E-state index contributed by atoms with van der Waals surface area (Å²) in [6, 6.07) is 15.2. The smallest absolute Gasteiger partial charge is 0.336 e. The molecule has 27 heavy (non-hydrogen) atoms. The Hall–Kier alpha value is -3.94. The Morgan fingerprint density at radius 3 is 2.56 bits per heavy atom. The van der Waals surface area contributed by atoms with Gasteiger partial charge in [-0.2, -0.15) is 15.0 Å². The number of nitrogens with one attached hydrogen (secondary N) is 1. The highest BCUT2D eigenvalue weighted by atomic mass is 16.5. The van der Waals surface area contributed by atoms with Crippen molar-refractivity contribution in [3.05, 3.63) is 77.4 Å². The molecule has 8 heteroatoms. The summed E-state index contributed by atoms with van der Waals surface area (Å²) in [5.74, 6) is 0.127. The summed E-state index contributed by atoms with van der Waals surface area (Å²) >= 11 is 0. The minimum absolute atomic E-state index is 0.176. The van der Waals surface area contributed by atoms with Gasteiger partial charge in [0.15, 0.2) is 6.61 Å². The normalized spacial score (nSPS) is 10.7. The Kier molecular flexibility index (Phi) is 4.36. The Labute approximate surface area is 153 Å². The summed E-state index contributed by atoms with van der Waals surface area (Å²) in [7, 11) is 0. The maximum atomic E-state index is 12.1. The third-order valence-corrected chi connectivity index (χ3v) is 3.77. The zero-order valence-electron chi connectivity index (χ0n) is 14.0. The average Bonchev–Trinajstić information content (AvgIpc) is 3.21. The number of carbonyl (C=O) groups excluding carboxylic acids is 1. The average molecular weight is 362 g/mol. The van der Waals surface area contributed by atoms with E-state index in [-0.39, 0.29) is 12.5 Å². The van der Waals surface area contributed by atoms with Gasteiger partial charge in [0, 0.05) is 23.2 Å². The van der Waals surface area contributed by atoms with Crippen LogP contribution in [0, 0.1) is 0 Å². The first-order chi connectivity index (χ1) is 13.2. The van der Waals surface area contributed by atoms with Crippen LogP contribution in [0.1, 0.15) is 0 Å². The molecule has 1 amide bonds. The SMILES string of the molecule is O=C(COc1ccc2ccc(=O)oc2c1)Nc1ccc(-n2nccn2)cc1. The molecule has 0 aliphatic carbocycles. The number of nitrogens with zero attached hydrogens (tertiary/aromatic N) is 3. The summed E-state index contributed by atoms with van der Waals surface area (Å²) in [5, 5.41) is 11.6. The lowest BCUT2D eigenvalue weighted by Crippen LogP contribution is -2.20. The van der Waals surface area contributed by atoms with E-state index in [1.807, 2.05) is 0 Å². The lowest BCUT2D eigenvalue weighted by Gasteiger charge is -2.08. The Morgan fingerprint density at radius 1 is 1.04 bits per heavy atom. The van der Waals surface area contributed by atoms with E-state index < -0.39 is 5.63 Å². The van der Waals surface area contributed by atoms with Crippen LogP contribution >= 0.6 is 0 Å². The Balaban J connectivity index is 1.37. The first-order valence-corrected chi connectivity index (χ1v) is 8.11. The fourth-order valence-electron chi connectivity index (χ4n) is 2.50. The topological polar surface area (TPSA) is 99.2 Å². The van der Waals surface area contributed by atoms with Crippen LogP contribution < -0.4 is 15.7 Å². The standard InChI is InChI=1S/C19H14N4O4/c24-18(22-14-3-5-15(6-4-14)23-20-9-10-21-23)12-26-16-7-1-13-2-8-19(25)27-17(13)11-16/h1-11H,12H2,(H,22,24). The van der Waals surface area contributed by atoms with Gasteiger partial charge in [-0.3, -0.25) is 4.79 Å². The number of ether oxygens (including phenoxy) is 1. The monoisotopic (exact) mass is 362 g/mol. The van der Waals surface area contributed by atoms with Crippen molar-refractivity contribution in [2.75, 3.05) is 11.9 Å². The van der Waals surface area contributed by atoms with Crippen molar-refractivity contribution in [2.45, 2.75) is 0 Å². The van der Waals surface area contributed by atoms with E-state index in [1.165, 1.54) is 10.9 Å². The molecule has 2 heterocycles. The number of hydrogen-bond acceptors (Lipinski definition) is 6. The summed E-state index contributed by atoms with van der Waals surface area (Å²) < 4.78 is 10.6. The number of rotatable bonds is 5. The summed E-state index contributed by atoms with van der Waals surface area (Å²) in [5.41, 5.74) is 1.38. The second-order valence-electron chi connectivity index (χ2n) is 5.66. The van der Waals surface area contributed by atoms with Crippen molar-refractivity contribution in [3.63, 3.8) is 0 Å². The molecule has 134 valence electrons. The maximum Gasteiger partial charge on any atom is 0.336 e. The van der Waals surface area contributed by atoms with Crippen LogP contribution in [0.15, 0.2) is 76.2 Å². The third-order valence-electron chi connectivity index (χ3n) is 3.77. The molecule has 8 nitrogen and oxygen atoms in total. The van der Waals surface area contributed by atoms with Gasteiger partial charge in [0.25, 0.3) is 5.91 Å². The molecule has 0 atom stereocenters. The van der Waals surface area contributed by atoms with Gasteiger partial charge in [-0.1, -0.05) is 0 Å². The van der Waals surface area contributed by atoms with Crippen molar-refractivity contribution in [1.82, 2.24) is 15.0 Å². The number of fused-ring (bicyclic) bond motifs is 1. The number of amides is 1. The second-order valence-corrected chi connectivity index (χ2v) is 5.66. The van der Waals surface area contributed by atoms with Crippen LogP contribution in [0.3, 0.4) is 0 Å². The van der Waals surface area contributed by atoms with Crippen molar-refractivity contribution < 1.29 is 13.9 Å². The Morgan fingerprint density at radius 2 is 1.78 bits per heavy atom. The molecule has 0 radical (unpaired) electrons. The first-order valence-electron chi connectivity index (χ1n) is 8.11. The van der Waals surface area contributed by atoms with Crippen LogP contribution in [0.4, 0.5) is 5.69 Å². The number of anilines is 1. The van der Waals surface area contributed by atoms with E-state index in [2.05, 4.69) is 15.5 Å². The fraction of sp³-hybridized carbons (Fsp3) is 0.0526. The van der Waals surface area contributed by atoms with Crippen LogP contribution in [-0.4, -0.2) is 27.5 Å². The van der Waals surface area contributed by atoms with Gasteiger partial charge in [0.1, 0.15) is 11.3 Å². The predicted octanol–water partition coefficient (Wildman–Crippen LogP) is 2.39. The van der Waals surface area contributed by atoms with E-state index in [0.29, 0.717) is 17.0 Å². The van der Waals surface area contributed by atoms with E-state index in [9.17, 15) is 9.59 Å². The predicted molar refractivity (Wildman–Crippen MR) is 98.0 cm³/mol. The third kappa shape index (κ3) is 3.84. The molecule has 4 aromatic rings. The summed E-state index contributed by atoms with van der Waals surface area (Å²) in [6.45, 7) is -0.176. The van der Waals surface area contributed by atoms with Crippen molar-refractivity contribution in [3.8, 4) is 11.4 Å². The molecule has 0 spiro atoms. The summed E-state index contributed by atoms with van der Waals surface area (Å²) in [6.07, 6.45) is 3.18. The zero-order valence-corrected chi connectivity index (χ0v) is 14.0. The Bertz CT molecular complexity index is 1130. The highest BCUT2D eigenvalue weighted by Crippen LogP contribution is 2.19.